The summed E-state index contributed by atoms with van der Waals surface area (Å²) in [6.07, 6.45) is -0.994. The first kappa shape index (κ1) is 7.67. The van der Waals surface area contributed by atoms with Crippen molar-refractivity contribution in [2.75, 3.05) is 14.2 Å². The SMILES string of the molecule is COC(=O)N=[N+]([O-])OC. The number of amides is 1. The number of ether oxygens (including phenoxy) is 1. The summed E-state index contributed by atoms with van der Waals surface area (Å²) in [5.41, 5.74) is 0. The van der Waals surface area contributed by atoms with Gasteiger partial charge in [0.15, 0.2) is 5.02 Å². The summed E-state index contributed by atoms with van der Waals surface area (Å²) in [5.74, 6) is 0. The van der Waals surface area contributed by atoms with E-state index in [1.807, 2.05) is 0 Å². The molecule has 0 saturated carbocycles. The monoisotopic (exact) mass is 134 g/mol. The maximum Gasteiger partial charge on any atom is 0.496 e. The van der Waals surface area contributed by atoms with Gasteiger partial charge in [0, 0.05) is 7.11 Å². The van der Waals surface area contributed by atoms with Crippen molar-refractivity contribution in [2.24, 2.45) is 5.11 Å². The Morgan fingerprint density at radius 1 is 1.67 bits per heavy atom. The number of carbonyl (C=O) groups excluding carboxylic acids is 1. The van der Waals surface area contributed by atoms with Gasteiger partial charge in [0.05, 0.1) is 7.11 Å². The van der Waals surface area contributed by atoms with Crippen molar-refractivity contribution in [1.82, 2.24) is 0 Å². The van der Waals surface area contributed by atoms with Gasteiger partial charge >= 0.3 is 6.09 Å². The zero-order valence-electron chi connectivity index (χ0n) is 5.03. The van der Waals surface area contributed by atoms with E-state index in [0.717, 1.165) is 14.2 Å². The lowest BCUT2D eigenvalue weighted by Crippen LogP contribution is -2.03. The summed E-state index contributed by atoms with van der Waals surface area (Å²) in [7, 11) is 2.19. The highest BCUT2D eigenvalue weighted by Crippen LogP contribution is 1.81. The summed E-state index contributed by atoms with van der Waals surface area (Å²) in [5, 5.41) is 12.5. The lowest BCUT2D eigenvalue weighted by atomic mass is 11.2. The van der Waals surface area contributed by atoms with Gasteiger partial charge in [-0.3, -0.25) is 0 Å². The van der Waals surface area contributed by atoms with Crippen LogP contribution in [-0.2, 0) is 9.57 Å². The number of carbonyl (C=O) groups is 1. The zero-order valence-corrected chi connectivity index (χ0v) is 5.03. The predicted molar refractivity (Wildman–Crippen MR) is 25.5 cm³/mol. The largest absolute Gasteiger partial charge is 0.496 e. The van der Waals surface area contributed by atoms with Crippen LogP contribution in [0.3, 0.4) is 0 Å². The van der Waals surface area contributed by atoms with Crippen molar-refractivity contribution >= 4 is 6.09 Å². The molecular formula is C3H6N2O4. The molecule has 0 unspecified atom stereocenters. The third-order valence-electron chi connectivity index (χ3n) is 0.494. The van der Waals surface area contributed by atoms with Crippen molar-refractivity contribution in [2.45, 2.75) is 0 Å². The maximum absolute atomic E-state index is 10.1. The molecule has 0 aliphatic rings. The lowest BCUT2D eigenvalue weighted by molar-refractivity contribution is -0.779. The minimum Gasteiger partial charge on any atom is -0.447 e. The molecule has 0 atom stereocenters. The molecule has 0 spiro atoms. The second-order valence-corrected chi connectivity index (χ2v) is 0.990. The van der Waals surface area contributed by atoms with Gasteiger partial charge in [-0.05, 0) is 0 Å². The summed E-state index contributed by atoms with van der Waals surface area (Å²) >= 11 is 0. The molecule has 0 fully saturated rings. The number of rotatable bonds is 1. The molecule has 0 N–H and O–H groups in total. The van der Waals surface area contributed by atoms with Crippen LogP contribution < -0.4 is 0 Å². The molecule has 0 bridgehead atoms. The molecule has 0 aliphatic carbocycles. The van der Waals surface area contributed by atoms with Crippen molar-refractivity contribution in [3.8, 4) is 0 Å². The Labute approximate surface area is 51.2 Å². The van der Waals surface area contributed by atoms with Crippen molar-refractivity contribution < 1.29 is 19.4 Å². The Bertz CT molecular complexity index is 132. The fourth-order valence-electron chi connectivity index (χ4n) is 0.148. The van der Waals surface area contributed by atoms with E-state index in [-0.39, 0.29) is 5.02 Å². The van der Waals surface area contributed by atoms with Crippen molar-refractivity contribution in [3.63, 3.8) is 0 Å². The van der Waals surface area contributed by atoms with Gasteiger partial charge < -0.3 is 9.57 Å². The van der Waals surface area contributed by atoms with Crippen LogP contribution in [0.5, 0.6) is 0 Å². The Morgan fingerprint density at radius 2 is 2.22 bits per heavy atom. The second-order valence-electron chi connectivity index (χ2n) is 0.990. The topological polar surface area (TPSA) is 74.0 Å². The highest BCUT2D eigenvalue weighted by Gasteiger charge is 2.02. The quantitative estimate of drug-likeness (QED) is 0.381. The number of hydrogen-bond donors (Lipinski definition) is 0. The van der Waals surface area contributed by atoms with Crippen LogP contribution in [0.4, 0.5) is 4.79 Å². The lowest BCUT2D eigenvalue weighted by Gasteiger charge is -1.89. The van der Waals surface area contributed by atoms with E-state index in [0.29, 0.717) is 0 Å². The maximum atomic E-state index is 10.1. The van der Waals surface area contributed by atoms with Crippen LogP contribution in [0, 0.1) is 5.21 Å². The normalized spacial score (nSPS) is 10.7. The standard InChI is InChI=1S/C3H6N2O4/c1-8-3(6)4-5(7)9-2/h1-2H3. The molecule has 6 heteroatoms. The van der Waals surface area contributed by atoms with Crippen LogP contribution in [0.25, 0.3) is 0 Å². The highest BCUT2D eigenvalue weighted by atomic mass is 16.9. The van der Waals surface area contributed by atoms with Crippen LogP contribution >= 0.6 is 0 Å². The molecule has 0 aromatic rings. The fraction of sp³-hybridized carbons (Fsp3) is 0.667. The summed E-state index contributed by atoms with van der Waals surface area (Å²) in [6, 6.07) is 0. The van der Waals surface area contributed by atoms with E-state index >= 15 is 0 Å². The smallest absolute Gasteiger partial charge is 0.447 e. The van der Waals surface area contributed by atoms with Crippen molar-refractivity contribution in [1.29, 1.82) is 0 Å². The summed E-state index contributed by atoms with van der Waals surface area (Å²) < 4.78 is 4.00. The van der Waals surface area contributed by atoms with Crippen LogP contribution in [0.1, 0.15) is 0 Å². The van der Waals surface area contributed by atoms with Gasteiger partial charge in [0.2, 0.25) is 0 Å². The molecule has 0 aromatic carbocycles. The van der Waals surface area contributed by atoms with Crippen LogP contribution in [0.2, 0.25) is 0 Å². The summed E-state index contributed by atoms with van der Waals surface area (Å²) in [4.78, 5) is 14.0. The van der Waals surface area contributed by atoms with Crippen LogP contribution in [0.15, 0.2) is 5.11 Å². The van der Waals surface area contributed by atoms with E-state index in [1.54, 1.807) is 0 Å². The van der Waals surface area contributed by atoms with E-state index < -0.39 is 6.09 Å². The average molecular weight is 134 g/mol. The Balaban J connectivity index is 3.79. The van der Waals surface area contributed by atoms with Gasteiger partial charge in [0.1, 0.15) is 5.11 Å². The first-order chi connectivity index (χ1) is 4.20. The fourth-order valence-corrected chi connectivity index (χ4v) is 0.148. The van der Waals surface area contributed by atoms with Crippen molar-refractivity contribution in [3.05, 3.63) is 5.21 Å². The predicted octanol–water partition coefficient (Wildman–Crippen LogP) is 0.277. The van der Waals surface area contributed by atoms with Crippen LogP contribution in [-0.4, -0.2) is 25.3 Å². The average Bonchev–Trinajstić information content (AvgIpc) is 1.87. The molecule has 1 amide bonds. The number of methoxy groups -OCH3 is 1. The molecular weight excluding hydrogens is 128 g/mol. The Kier molecular flexibility index (Phi) is 3.11. The van der Waals surface area contributed by atoms with E-state index in [9.17, 15) is 10.0 Å². The molecule has 9 heavy (non-hydrogen) atoms. The van der Waals surface area contributed by atoms with Gasteiger partial charge in [-0.15, -0.1) is 0 Å². The summed E-state index contributed by atoms with van der Waals surface area (Å²) in [6.45, 7) is 0. The third-order valence-corrected chi connectivity index (χ3v) is 0.494. The molecule has 0 radical (unpaired) electrons. The Morgan fingerprint density at radius 3 is 2.56 bits per heavy atom. The first-order valence-electron chi connectivity index (χ1n) is 2.01. The van der Waals surface area contributed by atoms with Gasteiger partial charge in [-0.25, -0.2) is 10.0 Å². The molecule has 52 valence electrons. The molecule has 0 aliphatic heterocycles. The van der Waals surface area contributed by atoms with E-state index in [2.05, 4.69) is 14.7 Å². The zero-order chi connectivity index (χ0) is 7.28. The second kappa shape index (κ2) is 3.65. The van der Waals surface area contributed by atoms with Gasteiger partial charge in [0.25, 0.3) is 0 Å². The third kappa shape index (κ3) is 3.27. The first-order valence-corrected chi connectivity index (χ1v) is 2.01. The minimum absolute atomic E-state index is 0.244. The molecule has 0 rings (SSSR count). The highest BCUT2D eigenvalue weighted by molar-refractivity contribution is 5.66. The Hall–Kier alpha value is -1.33. The van der Waals surface area contributed by atoms with E-state index in [4.69, 9.17) is 0 Å². The number of nitrogens with zero attached hydrogens (tertiary/aromatic N) is 2. The van der Waals surface area contributed by atoms with E-state index in [1.165, 1.54) is 0 Å². The van der Waals surface area contributed by atoms with Gasteiger partial charge in [-0.1, -0.05) is 0 Å². The molecule has 6 nitrogen and oxygen atoms in total. The number of hydrogen-bond acceptors (Lipinski definition) is 4. The molecule has 0 heterocycles. The minimum atomic E-state index is -0.994. The molecule has 0 aromatic heterocycles. The van der Waals surface area contributed by atoms with Gasteiger partial charge in [-0.2, -0.15) is 0 Å². The molecule has 0 saturated heterocycles.